The Hall–Kier alpha value is -2.08. The quantitative estimate of drug-likeness (QED) is 0.823. The van der Waals surface area contributed by atoms with Crippen LogP contribution in [0.5, 0.6) is 0 Å². The predicted molar refractivity (Wildman–Crippen MR) is 92.7 cm³/mol. The Balaban J connectivity index is 1.79. The highest BCUT2D eigenvalue weighted by atomic mass is 16.6. The van der Waals surface area contributed by atoms with E-state index in [0.717, 1.165) is 6.54 Å². The first-order chi connectivity index (χ1) is 11.5. The van der Waals surface area contributed by atoms with Crippen LogP contribution in [0.25, 0.3) is 0 Å². The average Bonchev–Trinajstić information content (AvgIpc) is 2.57. The highest BCUT2D eigenvalue weighted by Gasteiger charge is 2.25. The molecule has 2 rings (SSSR count). The third-order valence-corrected chi connectivity index (χ3v) is 4.27. The number of piperazine rings is 1. The third kappa shape index (κ3) is 4.96. The molecule has 2 amide bonds. The Morgan fingerprint density at radius 1 is 1.12 bits per heavy atom. The first-order valence-electron chi connectivity index (χ1n) is 8.43. The van der Waals surface area contributed by atoms with Crippen molar-refractivity contribution in [2.24, 2.45) is 0 Å². The molecule has 0 saturated carbocycles. The molecule has 0 aromatic heterocycles. The molecule has 0 radical (unpaired) electrons. The fourth-order valence-corrected chi connectivity index (χ4v) is 2.82. The molecule has 1 aromatic rings. The largest absolute Gasteiger partial charge is 0.450 e. The smallest absolute Gasteiger partial charge is 0.409 e. The van der Waals surface area contributed by atoms with Gasteiger partial charge in [0, 0.05) is 32.7 Å². The van der Waals surface area contributed by atoms with Crippen LogP contribution in [0, 0.1) is 6.92 Å². The van der Waals surface area contributed by atoms with Crippen molar-refractivity contribution < 1.29 is 14.3 Å². The molecular formula is C18H27N3O3. The Morgan fingerprint density at radius 2 is 1.75 bits per heavy atom. The summed E-state index contributed by atoms with van der Waals surface area (Å²) in [5.41, 5.74) is 2.47. The van der Waals surface area contributed by atoms with Crippen LogP contribution in [0.4, 0.5) is 4.79 Å². The zero-order chi connectivity index (χ0) is 17.5. The van der Waals surface area contributed by atoms with E-state index >= 15 is 0 Å². The second-order valence-corrected chi connectivity index (χ2v) is 6.17. The van der Waals surface area contributed by atoms with Crippen molar-refractivity contribution in [3.63, 3.8) is 0 Å². The van der Waals surface area contributed by atoms with Gasteiger partial charge in [0.15, 0.2) is 0 Å². The summed E-state index contributed by atoms with van der Waals surface area (Å²) in [5.74, 6) is 0.106. The SMILES string of the molecule is CCOC(=O)N1CCN(C(=O)CN(C)Cc2ccccc2C)CC1. The Labute approximate surface area is 144 Å². The zero-order valence-electron chi connectivity index (χ0n) is 14.8. The maximum Gasteiger partial charge on any atom is 0.409 e. The minimum atomic E-state index is -0.290. The molecule has 1 fully saturated rings. The van der Waals surface area contributed by atoms with Crippen molar-refractivity contribution in [2.75, 3.05) is 46.4 Å². The first-order valence-corrected chi connectivity index (χ1v) is 8.43. The van der Waals surface area contributed by atoms with Gasteiger partial charge >= 0.3 is 6.09 Å². The van der Waals surface area contributed by atoms with E-state index in [2.05, 4.69) is 19.1 Å². The summed E-state index contributed by atoms with van der Waals surface area (Å²) >= 11 is 0. The molecule has 0 bridgehead atoms. The molecule has 0 N–H and O–H groups in total. The van der Waals surface area contributed by atoms with Crippen LogP contribution < -0.4 is 0 Å². The Morgan fingerprint density at radius 3 is 2.38 bits per heavy atom. The fourth-order valence-electron chi connectivity index (χ4n) is 2.82. The van der Waals surface area contributed by atoms with E-state index in [1.807, 2.05) is 29.0 Å². The van der Waals surface area contributed by atoms with Gasteiger partial charge in [-0.2, -0.15) is 0 Å². The van der Waals surface area contributed by atoms with E-state index in [0.29, 0.717) is 39.3 Å². The monoisotopic (exact) mass is 333 g/mol. The van der Waals surface area contributed by atoms with Crippen LogP contribution >= 0.6 is 0 Å². The number of ether oxygens (including phenoxy) is 1. The van der Waals surface area contributed by atoms with Crippen LogP contribution in [-0.2, 0) is 16.1 Å². The summed E-state index contributed by atoms with van der Waals surface area (Å²) in [4.78, 5) is 29.6. The van der Waals surface area contributed by atoms with Crippen molar-refractivity contribution in [1.82, 2.24) is 14.7 Å². The highest BCUT2D eigenvalue weighted by Crippen LogP contribution is 2.10. The van der Waals surface area contributed by atoms with Gasteiger partial charge in [0.05, 0.1) is 13.2 Å². The number of rotatable bonds is 5. The fraction of sp³-hybridized carbons (Fsp3) is 0.556. The molecule has 1 heterocycles. The van der Waals surface area contributed by atoms with Gasteiger partial charge in [-0.05, 0) is 32.0 Å². The van der Waals surface area contributed by atoms with Crippen molar-refractivity contribution >= 4 is 12.0 Å². The third-order valence-electron chi connectivity index (χ3n) is 4.27. The maximum absolute atomic E-state index is 12.4. The van der Waals surface area contributed by atoms with E-state index in [-0.39, 0.29) is 12.0 Å². The molecule has 0 unspecified atom stereocenters. The number of carbonyl (C=O) groups is 2. The molecule has 0 spiro atoms. The molecule has 6 nitrogen and oxygen atoms in total. The standard InChI is InChI=1S/C18H27N3O3/c1-4-24-18(23)21-11-9-20(10-12-21)17(22)14-19(3)13-16-8-6-5-7-15(16)2/h5-8H,4,9-14H2,1-3H3. The summed E-state index contributed by atoms with van der Waals surface area (Å²) in [7, 11) is 1.96. The van der Waals surface area contributed by atoms with Crippen LogP contribution in [0.3, 0.4) is 0 Å². The van der Waals surface area contributed by atoms with Gasteiger partial charge in [-0.3, -0.25) is 9.69 Å². The van der Waals surface area contributed by atoms with Crippen LogP contribution in [0.15, 0.2) is 24.3 Å². The topological polar surface area (TPSA) is 53.1 Å². The molecular weight excluding hydrogens is 306 g/mol. The Bertz CT molecular complexity index is 568. The van der Waals surface area contributed by atoms with Crippen LogP contribution in [0.1, 0.15) is 18.1 Å². The number of hydrogen-bond acceptors (Lipinski definition) is 4. The molecule has 1 saturated heterocycles. The molecule has 24 heavy (non-hydrogen) atoms. The second kappa shape index (κ2) is 8.68. The number of likely N-dealkylation sites (N-methyl/N-ethyl adjacent to an activating group) is 1. The summed E-state index contributed by atoms with van der Waals surface area (Å²) < 4.78 is 4.99. The number of aryl methyl sites for hydroxylation is 1. The van der Waals surface area contributed by atoms with Crippen LogP contribution in [-0.4, -0.2) is 73.1 Å². The van der Waals surface area contributed by atoms with Gasteiger partial charge in [0.25, 0.3) is 0 Å². The summed E-state index contributed by atoms with van der Waals surface area (Å²) in [5, 5.41) is 0. The van der Waals surface area contributed by atoms with Crippen molar-refractivity contribution in [2.45, 2.75) is 20.4 Å². The minimum Gasteiger partial charge on any atom is -0.450 e. The molecule has 132 valence electrons. The van der Waals surface area contributed by atoms with Gasteiger partial charge in [-0.25, -0.2) is 4.79 Å². The Kier molecular flexibility index (Phi) is 6.61. The van der Waals surface area contributed by atoms with Crippen LogP contribution in [0.2, 0.25) is 0 Å². The predicted octanol–water partition coefficient (Wildman–Crippen LogP) is 1.73. The number of nitrogens with zero attached hydrogens (tertiary/aromatic N) is 3. The molecule has 1 aliphatic heterocycles. The molecule has 6 heteroatoms. The molecule has 0 atom stereocenters. The highest BCUT2D eigenvalue weighted by molar-refractivity contribution is 5.78. The molecule has 1 aromatic carbocycles. The summed E-state index contributed by atoms with van der Waals surface area (Å²) in [6.45, 7) is 7.59. The lowest BCUT2D eigenvalue weighted by Gasteiger charge is -2.34. The van der Waals surface area contributed by atoms with E-state index in [1.165, 1.54) is 11.1 Å². The average molecular weight is 333 g/mol. The lowest BCUT2D eigenvalue weighted by atomic mass is 10.1. The second-order valence-electron chi connectivity index (χ2n) is 6.17. The van der Waals surface area contributed by atoms with Gasteiger partial charge in [-0.1, -0.05) is 24.3 Å². The molecule has 0 aliphatic carbocycles. The summed E-state index contributed by atoms with van der Waals surface area (Å²) in [6.07, 6.45) is -0.290. The van der Waals surface area contributed by atoms with Crippen molar-refractivity contribution in [3.8, 4) is 0 Å². The summed E-state index contributed by atoms with van der Waals surface area (Å²) in [6, 6.07) is 8.22. The number of amides is 2. The van der Waals surface area contributed by atoms with E-state index in [9.17, 15) is 9.59 Å². The molecule has 1 aliphatic rings. The maximum atomic E-state index is 12.4. The van der Waals surface area contributed by atoms with E-state index < -0.39 is 0 Å². The van der Waals surface area contributed by atoms with Gasteiger partial charge in [0.2, 0.25) is 5.91 Å². The van der Waals surface area contributed by atoms with Gasteiger partial charge in [-0.15, -0.1) is 0 Å². The zero-order valence-corrected chi connectivity index (χ0v) is 14.8. The van der Waals surface area contributed by atoms with Crippen molar-refractivity contribution in [1.29, 1.82) is 0 Å². The van der Waals surface area contributed by atoms with E-state index in [1.54, 1.807) is 11.8 Å². The minimum absolute atomic E-state index is 0.106. The lowest BCUT2D eigenvalue weighted by molar-refractivity contribution is -0.133. The number of benzene rings is 1. The van der Waals surface area contributed by atoms with Gasteiger partial charge < -0.3 is 14.5 Å². The van der Waals surface area contributed by atoms with E-state index in [4.69, 9.17) is 4.74 Å². The number of carbonyl (C=O) groups excluding carboxylic acids is 2. The first kappa shape index (κ1) is 18.3. The normalized spacial score (nSPS) is 14.8. The van der Waals surface area contributed by atoms with Gasteiger partial charge in [0.1, 0.15) is 0 Å². The number of hydrogen-bond donors (Lipinski definition) is 0. The van der Waals surface area contributed by atoms with Crippen molar-refractivity contribution in [3.05, 3.63) is 35.4 Å². The lowest BCUT2D eigenvalue weighted by Crippen LogP contribution is -2.52.